The van der Waals surface area contributed by atoms with E-state index in [0.29, 0.717) is 11.5 Å². The molecular weight excluding hydrogens is 234 g/mol. The third kappa shape index (κ3) is 1.57. The zero-order valence-corrected chi connectivity index (χ0v) is 8.54. The second-order valence-corrected chi connectivity index (χ2v) is 3.74. The zero-order chi connectivity index (χ0) is 9.42. The molecule has 1 atom stereocenters. The Kier molecular flexibility index (Phi) is 2.05. The van der Waals surface area contributed by atoms with Gasteiger partial charge in [-0.25, -0.2) is 9.97 Å². The topological polar surface area (TPSA) is 61.8 Å². The molecule has 2 heterocycles. The number of rotatable bonds is 1. The minimum Gasteiger partial charge on any atom is -0.385 e. The van der Waals surface area contributed by atoms with E-state index in [1.165, 1.54) is 0 Å². The molecule has 2 rings (SSSR count). The summed E-state index contributed by atoms with van der Waals surface area (Å²) in [6.45, 7) is 1.66. The average molecular weight is 242 g/mol. The summed E-state index contributed by atoms with van der Waals surface area (Å²) >= 11 is 3.31. The number of H-pyrrole nitrogens is 1. The number of hydrogen-bond acceptors (Lipinski definition) is 3. The van der Waals surface area contributed by atoms with E-state index >= 15 is 0 Å². The van der Waals surface area contributed by atoms with Crippen LogP contribution in [0.5, 0.6) is 0 Å². The lowest BCUT2D eigenvalue weighted by molar-refractivity contribution is 0.190. The molecule has 0 aromatic carbocycles. The molecule has 0 aliphatic heterocycles. The lowest BCUT2D eigenvalue weighted by Gasteiger charge is -1.94. The molecule has 0 fully saturated rings. The SMILES string of the molecule is C[C@H](O)c1nc2ncc(Br)cc2[nH]1. The van der Waals surface area contributed by atoms with Crippen molar-refractivity contribution >= 4 is 27.1 Å². The second-order valence-electron chi connectivity index (χ2n) is 2.82. The first-order valence-corrected chi connectivity index (χ1v) is 4.65. The van der Waals surface area contributed by atoms with Crippen molar-refractivity contribution in [3.8, 4) is 0 Å². The van der Waals surface area contributed by atoms with Gasteiger partial charge >= 0.3 is 0 Å². The first kappa shape index (κ1) is 8.65. The molecule has 0 spiro atoms. The lowest BCUT2D eigenvalue weighted by atomic mass is 10.4. The summed E-state index contributed by atoms with van der Waals surface area (Å²) in [5.41, 5.74) is 1.45. The van der Waals surface area contributed by atoms with Gasteiger partial charge < -0.3 is 10.1 Å². The Bertz CT molecular complexity index is 438. The fraction of sp³-hybridized carbons (Fsp3) is 0.250. The summed E-state index contributed by atoms with van der Waals surface area (Å²) in [6.07, 6.45) is 1.09. The Hall–Kier alpha value is -0.940. The number of pyridine rings is 1. The molecule has 4 nitrogen and oxygen atoms in total. The molecule has 0 amide bonds. The molecular formula is C8H8BrN3O. The van der Waals surface area contributed by atoms with Crippen molar-refractivity contribution < 1.29 is 5.11 Å². The van der Waals surface area contributed by atoms with E-state index in [9.17, 15) is 5.11 Å². The summed E-state index contributed by atoms with van der Waals surface area (Å²) in [4.78, 5) is 11.2. The molecule has 0 bridgehead atoms. The number of aromatic amines is 1. The van der Waals surface area contributed by atoms with E-state index in [2.05, 4.69) is 30.9 Å². The van der Waals surface area contributed by atoms with Crippen molar-refractivity contribution in [2.75, 3.05) is 0 Å². The zero-order valence-electron chi connectivity index (χ0n) is 6.95. The van der Waals surface area contributed by atoms with Crippen molar-refractivity contribution in [2.45, 2.75) is 13.0 Å². The van der Waals surface area contributed by atoms with Gasteiger partial charge in [0, 0.05) is 10.7 Å². The van der Waals surface area contributed by atoms with Crippen LogP contribution in [0, 0.1) is 0 Å². The number of aromatic nitrogens is 3. The number of aliphatic hydroxyl groups excluding tert-OH is 1. The quantitative estimate of drug-likeness (QED) is 0.801. The Morgan fingerprint density at radius 2 is 2.38 bits per heavy atom. The Labute approximate surface area is 83.2 Å². The number of nitrogens with one attached hydrogen (secondary N) is 1. The van der Waals surface area contributed by atoms with Crippen LogP contribution >= 0.6 is 15.9 Å². The van der Waals surface area contributed by atoms with E-state index < -0.39 is 6.10 Å². The maximum Gasteiger partial charge on any atom is 0.177 e. The normalized spacial score (nSPS) is 13.5. The van der Waals surface area contributed by atoms with Crippen molar-refractivity contribution in [1.82, 2.24) is 15.0 Å². The molecule has 2 aromatic heterocycles. The van der Waals surface area contributed by atoms with Crippen LogP contribution in [0.15, 0.2) is 16.7 Å². The van der Waals surface area contributed by atoms with E-state index in [1.807, 2.05) is 6.07 Å². The van der Waals surface area contributed by atoms with E-state index in [4.69, 9.17) is 0 Å². The van der Waals surface area contributed by atoms with Crippen molar-refractivity contribution in [3.63, 3.8) is 0 Å². The van der Waals surface area contributed by atoms with Crippen LogP contribution in [-0.2, 0) is 0 Å². The highest BCUT2D eigenvalue weighted by atomic mass is 79.9. The Morgan fingerprint density at radius 1 is 1.62 bits per heavy atom. The van der Waals surface area contributed by atoms with Gasteiger partial charge in [-0.05, 0) is 28.9 Å². The second kappa shape index (κ2) is 3.08. The van der Waals surface area contributed by atoms with Gasteiger partial charge in [0.05, 0.1) is 5.52 Å². The number of aliphatic hydroxyl groups is 1. The van der Waals surface area contributed by atoms with Gasteiger partial charge in [-0.3, -0.25) is 0 Å². The van der Waals surface area contributed by atoms with Crippen LogP contribution in [0.3, 0.4) is 0 Å². The summed E-state index contributed by atoms with van der Waals surface area (Å²) in [5, 5.41) is 9.26. The number of imidazole rings is 1. The van der Waals surface area contributed by atoms with Gasteiger partial charge in [0.1, 0.15) is 11.9 Å². The van der Waals surface area contributed by atoms with Crippen molar-refractivity contribution in [2.24, 2.45) is 0 Å². The summed E-state index contributed by atoms with van der Waals surface area (Å²) in [6, 6.07) is 1.88. The van der Waals surface area contributed by atoms with E-state index in [0.717, 1.165) is 9.99 Å². The van der Waals surface area contributed by atoms with Crippen LogP contribution in [0.25, 0.3) is 11.2 Å². The monoisotopic (exact) mass is 241 g/mol. The fourth-order valence-electron chi connectivity index (χ4n) is 1.09. The first-order chi connectivity index (χ1) is 6.16. The van der Waals surface area contributed by atoms with Crippen molar-refractivity contribution in [1.29, 1.82) is 0 Å². The van der Waals surface area contributed by atoms with Gasteiger partial charge in [0.15, 0.2) is 5.65 Å². The van der Waals surface area contributed by atoms with E-state index in [-0.39, 0.29) is 0 Å². The summed E-state index contributed by atoms with van der Waals surface area (Å²) in [7, 11) is 0. The van der Waals surface area contributed by atoms with E-state index in [1.54, 1.807) is 13.1 Å². The molecule has 68 valence electrons. The van der Waals surface area contributed by atoms with Crippen LogP contribution in [0.2, 0.25) is 0 Å². The minimum atomic E-state index is -0.590. The third-order valence-corrected chi connectivity index (χ3v) is 2.15. The number of fused-ring (bicyclic) bond motifs is 1. The van der Waals surface area contributed by atoms with Gasteiger partial charge in [0.2, 0.25) is 0 Å². The fourth-order valence-corrected chi connectivity index (χ4v) is 1.42. The highest BCUT2D eigenvalue weighted by Crippen LogP contribution is 2.17. The molecule has 0 saturated heterocycles. The largest absolute Gasteiger partial charge is 0.385 e. The van der Waals surface area contributed by atoms with Crippen LogP contribution in [-0.4, -0.2) is 20.1 Å². The third-order valence-electron chi connectivity index (χ3n) is 1.72. The standard InChI is InChI=1S/C8H8BrN3O/c1-4(13)7-11-6-2-5(9)3-10-8(6)12-7/h2-4,13H,1H3,(H,10,11,12)/t4-/m0/s1. The molecule has 0 aliphatic carbocycles. The van der Waals surface area contributed by atoms with Gasteiger partial charge in [-0.2, -0.15) is 0 Å². The highest BCUT2D eigenvalue weighted by molar-refractivity contribution is 9.10. The summed E-state index contributed by atoms with van der Waals surface area (Å²) < 4.78 is 0.890. The van der Waals surface area contributed by atoms with Crippen molar-refractivity contribution in [3.05, 3.63) is 22.6 Å². The van der Waals surface area contributed by atoms with Gasteiger partial charge in [0.25, 0.3) is 0 Å². The van der Waals surface area contributed by atoms with Gasteiger partial charge in [-0.1, -0.05) is 0 Å². The molecule has 5 heteroatoms. The predicted octanol–water partition coefficient (Wildman–Crippen LogP) is 1.77. The maximum absolute atomic E-state index is 9.26. The van der Waals surface area contributed by atoms with Crippen LogP contribution < -0.4 is 0 Å². The maximum atomic E-state index is 9.26. The smallest absolute Gasteiger partial charge is 0.177 e. The first-order valence-electron chi connectivity index (χ1n) is 3.86. The lowest BCUT2D eigenvalue weighted by Crippen LogP contribution is -1.92. The Morgan fingerprint density at radius 3 is 3.08 bits per heavy atom. The molecule has 0 unspecified atom stereocenters. The number of nitrogens with zero attached hydrogens (tertiary/aromatic N) is 2. The van der Waals surface area contributed by atoms with Crippen LogP contribution in [0.4, 0.5) is 0 Å². The minimum absolute atomic E-state index is 0.542. The number of hydrogen-bond donors (Lipinski definition) is 2. The molecule has 0 aliphatic rings. The highest BCUT2D eigenvalue weighted by Gasteiger charge is 2.07. The molecule has 2 aromatic rings. The van der Waals surface area contributed by atoms with Gasteiger partial charge in [-0.15, -0.1) is 0 Å². The molecule has 0 saturated carbocycles. The predicted molar refractivity (Wildman–Crippen MR) is 52.2 cm³/mol. The molecule has 13 heavy (non-hydrogen) atoms. The Balaban J connectivity index is 2.62. The average Bonchev–Trinajstić information content (AvgIpc) is 2.46. The molecule has 2 N–H and O–H groups in total. The number of halogens is 1. The van der Waals surface area contributed by atoms with Crippen LogP contribution in [0.1, 0.15) is 18.9 Å². The summed E-state index contributed by atoms with van der Waals surface area (Å²) in [5.74, 6) is 0.542. The molecule has 0 radical (unpaired) electrons.